The van der Waals surface area contributed by atoms with Gasteiger partial charge in [-0.15, -0.1) is 0 Å². The first-order valence-electron chi connectivity index (χ1n) is 5.47. The van der Waals surface area contributed by atoms with Crippen LogP contribution in [0.25, 0.3) is 0 Å². The second kappa shape index (κ2) is 5.38. The molecule has 94 valence electrons. The molecule has 17 heavy (non-hydrogen) atoms. The average Bonchev–Trinajstić information content (AvgIpc) is 2.28. The summed E-state index contributed by atoms with van der Waals surface area (Å²) in [6.45, 7) is 3.79. The normalized spacial score (nSPS) is 11.9. The van der Waals surface area contributed by atoms with E-state index in [9.17, 15) is 14.3 Å². The van der Waals surface area contributed by atoms with Gasteiger partial charge in [-0.2, -0.15) is 0 Å². The monoisotopic (exact) mass is 239 g/mol. The second-order valence-electron chi connectivity index (χ2n) is 4.76. The number of hydrogen-bond donors (Lipinski definition) is 1. The van der Waals surface area contributed by atoms with Gasteiger partial charge in [0.25, 0.3) is 0 Å². The van der Waals surface area contributed by atoms with E-state index in [0.717, 1.165) is 0 Å². The highest BCUT2D eigenvalue weighted by molar-refractivity contribution is 5.97. The van der Waals surface area contributed by atoms with Crippen LogP contribution in [0.15, 0.2) is 24.3 Å². The van der Waals surface area contributed by atoms with Crippen LogP contribution in [-0.4, -0.2) is 41.5 Å². The number of rotatable bonds is 5. The quantitative estimate of drug-likeness (QED) is 0.795. The number of carbonyl (C=O) groups excluding carboxylic acids is 1. The van der Waals surface area contributed by atoms with Crippen molar-refractivity contribution < 1.29 is 14.3 Å². The summed E-state index contributed by atoms with van der Waals surface area (Å²) in [4.78, 5) is 13.6. The number of benzene rings is 1. The van der Waals surface area contributed by atoms with E-state index >= 15 is 0 Å². The number of ketones is 1. The van der Waals surface area contributed by atoms with Crippen molar-refractivity contribution in [2.45, 2.75) is 19.4 Å². The van der Waals surface area contributed by atoms with E-state index in [2.05, 4.69) is 0 Å². The van der Waals surface area contributed by atoms with E-state index in [1.54, 1.807) is 18.0 Å². The molecule has 0 spiro atoms. The van der Waals surface area contributed by atoms with Gasteiger partial charge in [0.05, 0.1) is 13.2 Å². The second-order valence-corrected chi connectivity index (χ2v) is 4.76. The first-order chi connectivity index (χ1) is 7.86. The molecule has 0 aliphatic carbocycles. The van der Waals surface area contributed by atoms with Crippen LogP contribution in [0, 0.1) is 5.82 Å². The van der Waals surface area contributed by atoms with Gasteiger partial charge in [-0.1, -0.05) is 12.1 Å². The Morgan fingerprint density at radius 2 is 2.12 bits per heavy atom. The Balaban J connectivity index is 2.73. The van der Waals surface area contributed by atoms with E-state index in [-0.39, 0.29) is 18.9 Å². The van der Waals surface area contributed by atoms with Crippen LogP contribution in [0.4, 0.5) is 4.39 Å². The number of aliphatic hydroxyl groups is 1. The molecule has 1 N–H and O–H groups in total. The van der Waals surface area contributed by atoms with Crippen molar-refractivity contribution in [1.82, 2.24) is 4.90 Å². The average molecular weight is 239 g/mol. The molecule has 0 saturated carbocycles. The molecule has 3 nitrogen and oxygen atoms in total. The van der Waals surface area contributed by atoms with Crippen LogP contribution >= 0.6 is 0 Å². The first kappa shape index (κ1) is 13.8. The number of likely N-dealkylation sites (N-methyl/N-ethyl adjacent to an activating group) is 1. The molecule has 0 aliphatic heterocycles. The maximum Gasteiger partial charge on any atom is 0.176 e. The van der Waals surface area contributed by atoms with Gasteiger partial charge in [-0.25, -0.2) is 4.39 Å². The van der Waals surface area contributed by atoms with Crippen molar-refractivity contribution in [1.29, 1.82) is 0 Å². The third kappa shape index (κ3) is 3.61. The molecule has 1 aromatic carbocycles. The zero-order valence-corrected chi connectivity index (χ0v) is 10.4. The number of hydrogen-bond acceptors (Lipinski definition) is 3. The Bertz CT molecular complexity index is 404. The number of aliphatic hydroxyl groups excluding tert-OH is 1. The van der Waals surface area contributed by atoms with Crippen LogP contribution in [0.5, 0.6) is 0 Å². The van der Waals surface area contributed by atoms with E-state index in [1.165, 1.54) is 18.2 Å². The number of halogens is 1. The van der Waals surface area contributed by atoms with Crippen LogP contribution in [0.3, 0.4) is 0 Å². The summed E-state index contributed by atoms with van der Waals surface area (Å²) >= 11 is 0. The van der Waals surface area contributed by atoms with Gasteiger partial charge in [0.15, 0.2) is 5.78 Å². The number of carbonyl (C=O) groups is 1. The minimum Gasteiger partial charge on any atom is -0.394 e. The predicted octanol–water partition coefficient (Wildman–Crippen LogP) is 1.71. The fourth-order valence-electron chi connectivity index (χ4n) is 1.30. The zero-order chi connectivity index (χ0) is 13.1. The molecule has 0 atom stereocenters. The minimum absolute atomic E-state index is 0.0417. The summed E-state index contributed by atoms with van der Waals surface area (Å²) in [6.07, 6.45) is 0. The van der Waals surface area contributed by atoms with Crippen LogP contribution in [0.2, 0.25) is 0 Å². The third-order valence-corrected chi connectivity index (χ3v) is 2.95. The molecule has 0 aromatic heterocycles. The molecular formula is C13H18FNO2. The lowest BCUT2D eigenvalue weighted by Crippen LogP contribution is -2.46. The molecular weight excluding hydrogens is 221 g/mol. The lowest BCUT2D eigenvalue weighted by molar-refractivity contribution is 0.0659. The van der Waals surface area contributed by atoms with Crippen molar-refractivity contribution in [3.8, 4) is 0 Å². The predicted molar refractivity (Wildman–Crippen MR) is 64.5 cm³/mol. The van der Waals surface area contributed by atoms with Crippen molar-refractivity contribution in [3.63, 3.8) is 0 Å². The molecule has 0 aliphatic rings. The Morgan fingerprint density at radius 3 is 2.65 bits per heavy atom. The maximum atomic E-state index is 13.0. The summed E-state index contributed by atoms with van der Waals surface area (Å²) in [5.74, 6) is -0.576. The standard InChI is InChI=1S/C13H18FNO2/c1-13(2,9-16)15(3)8-12(17)10-5-4-6-11(14)7-10/h4-7,16H,8-9H2,1-3H3. The molecule has 0 amide bonds. The van der Waals surface area contributed by atoms with E-state index in [0.29, 0.717) is 5.56 Å². The van der Waals surface area contributed by atoms with Gasteiger partial charge in [0.1, 0.15) is 5.82 Å². The zero-order valence-electron chi connectivity index (χ0n) is 10.4. The lowest BCUT2D eigenvalue weighted by atomic mass is 10.0. The van der Waals surface area contributed by atoms with Crippen LogP contribution in [0.1, 0.15) is 24.2 Å². The highest BCUT2D eigenvalue weighted by atomic mass is 19.1. The highest BCUT2D eigenvalue weighted by Gasteiger charge is 2.24. The summed E-state index contributed by atoms with van der Waals surface area (Å²) in [6, 6.07) is 5.63. The van der Waals surface area contributed by atoms with Gasteiger partial charge in [-0.3, -0.25) is 9.69 Å². The number of nitrogens with zero attached hydrogens (tertiary/aromatic N) is 1. The van der Waals surface area contributed by atoms with E-state index in [4.69, 9.17) is 0 Å². The largest absolute Gasteiger partial charge is 0.394 e. The fourth-order valence-corrected chi connectivity index (χ4v) is 1.30. The lowest BCUT2D eigenvalue weighted by Gasteiger charge is -2.33. The molecule has 1 aromatic rings. The molecule has 0 fully saturated rings. The Hall–Kier alpha value is -1.26. The van der Waals surface area contributed by atoms with Gasteiger partial charge in [0.2, 0.25) is 0 Å². The fraction of sp³-hybridized carbons (Fsp3) is 0.462. The van der Waals surface area contributed by atoms with Crippen molar-refractivity contribution in [3.05, 3.63) is 35.6 Å². The minimum atomic E-state index is -0.469. The SMILES string of the molecule is CN(CC(=O)c1cccc(F)c1)C(C)(C)CO. The highest BCUT2D eigenvalue weighted by Crippen LogP contribution is 2.12. The van der Waals surface area contributed by atoms with Gasteiger partial charge >= 0.3 is 0 Å². The van der Waals surface area contributed by atoms with E-state index in [1.807, 2.05) is 13.8 Å². The third-order valence-electron chi connectivity index (χ3n) is 2.95. The Labute approximate surface area is 101 Å². The summed E-state index contributed by atoms with van der Waals surface area (Å²) in [5, 5.41) is 9.18. The van der Waals surface area contributed by atoms with Crippen molar-refractivity contribution in [2.75, 3.05) is 20.2 Å². The summed E-state index contributed by atoms with van der Waals surface area (Å²) in [5.41, 5.74) is -0.117. The molecule has 0 heterocycles. The van der Waals surface area contributed by atoms with Gasteiger partial charge in [-0.05, 0) is 33.0 Å². The molecule has 0 unspecified atom stereocenters. The molecule has 1 rings (SSSR count). The smallest absolute Gasteiger partial charge is 0.176 e. The van der Waals surface area contributed by atoms with Crippen molar-refractivity contribution in [2.24, 2.45) is 0 Å². The van der Waals surface area contributed by atoms with Crippen LogP contribution < -0.4 is 0 Å². The molecule has 4 heteroatoms. The molecule has 0 saturated heterocycles. The summed E-state index contributed by atoms with van der Waals surface area (Å²) in [7, 11) is 1.76. The van der Waals surface area contributed by atoms with E-state index < -0.39 is 11.4 Å². The van der Waals surface area contributed by atoms with Gasteiger partial charge in [0, 0.05) is 11.1 Å². The van der Waals surface area contributed by atoms with Crippen molar-refractivity contribution >= 4 is 5.78 Å². The van der Waals surface area contributed by atoms with Crippen LogP contribution in [-0.2, 0) is 0 Å². The summed E-state index contributed by atoms with van der Waals surface area (Å²) < 4.78 is 13.0. The first-order valence-corrected chi connectivity index (χ1v) is 5.47. The molecule has 0 radical (unpaired) electrons. The maximum absolute atomic E-state index is 13.0. The topological polar surface area (TPSA) is 40.5 Å². The Morgan fingerprint density at radius 1 is 1.47 bits per heavy atom. The Kier molecular flexibility index (Phi) is 4.37. The molecule has 0 bridgehead atoms. The number of Topliss-reactive ketones (excluding diaryl/α,β-unsaturated/α-hetero) is 1. The van der Waals surface area contributed by atoms with Gasteiger partial charge < -0.3 is 5.11 Å².